The molecule has 0 saturated heterocycles. The Hall–Kier alpha value is -3.20. The molecule has 1 amide bonds. The van der Waals surface area contributed by atoms with Crippen LogP contribution >= 0.6 is 11.6 Å². The maximum atomic E-state index is 12.3. The molecule has 0 saturated carbocycles. The number of fused-ring (bicyclic) bond motifs is 1. The summed E-state index contributed by atoms with van der Waals surface area (Å²) in [5, 5.41) is 3.27. The number of nitrogens with zero attached hydrogens (tertiary/aromatic N) is 3. The van der Waals surface area contributed by atoms with Crippen molar-refractivity contribution >= 4 is 40.5 Å². The average Bonchev–Trinajstić information content (AvgIpc) is 3.17. The number of rotatable bonds is 8. The molecule has 9 nitrogen and oxygen atoms in total. The Kier molecular flexibility index (Phi) is 6.61. The monoisotopic (exact) mass is 417 g/mol. The molecule has 1 aromatic carbocycles. The highest BCUT2D eigenvalue weighted by Gasteiger charge is 2.19. The molecule has 3 aromatic rings. The van der Waals surface area contributed by atoms with E-state index in [9.17, 15) is 9.59 Å². The largest absolute Gasteiger partial charge is 0.494 e. The summed E-state index contributed by atoms with van der Waals surface area (Å²) < 4.78 is 10.8. The van der Waals surface area contributed by atoms with Crippen LogP contribution in [0.5, 0.6) is 5.75 Å². The number of hydrogen-bond acceptors (Lipinski definition) is 7. The lowest BCUT2D eigenvalue weighted by molar-refractivity contribution is -0.153. The molecule has 29 heavy (non-hydrogen) atoms. The lowest BCUT2D eigenvalue weighted by Gasteiger charge is -2.13. The van der Waals surface area contributed by atoms with Crippen LogP contribution in [-0.4, -0.2) is 44.5 Å². The molecule has 152 valence electrons. The maximum absolute atomic E-state index is 12.3. The zero-order valence-corrected chi connectivity index (χ0v) is 16.7. The summed E-state index contributed by atoms with van der Waals surface area (Å²) in [5.41, 5.74) is 1.84. The van der Waals surface area contributed by atoms with Crippen LogP contribution in [0.3, 0.4) is 0 Å². The quantitative estimate of drug-likeness (QED) is 0.427. The number of H-pyrrole nitrogens is 1. The van der Waals surface area contributed by atoms with Crippen LogP contribution in [0.25, 0.3) is 11.2 Å². The van der Waals surface area contributed by atoms with E-state index in [1.165, 1.54) is 19.6 Å². The van der Waals surface area contributed by atoms with Crippen molar-refractivity contribution in [3.63, 3.8) is 0 Å². The van der Waals surface area contributed by atoms with Crippen LogP contribution in [0, 0.1) is 6.92 Å². The predicted molar refractivity (Wildman–Crippen MR) is 107 cm³/mol. The summed E-state index contributed by atoms with van der Waals surface area (Å²) >= 11 is 5.97. The first-order valence-electron chi connectivity index (χ1n) is 8.97. The van der Waals surface area contributed by atoms with Gasteiger partial charge in [0.2, 0.25) is 0 Å². The fraction of sp³-hybridized carbons (Fsp3) is 0.316. The Morgan fingerprint density at radius 2 is 2.10 bits per heavy atom. The number of aromatic amines is 1. The van der Waals surface area contributed by atoms with Crippen molar-refractivity contribution in [1.29, 1.82) is 0 Å². The smallest absolute Gasteiger partial charge is 0.306 e. The van der Waals surface area contributed by atoms with Crippen LogP contribution in [0.15, 0.2) is 30.9 Å². The molecule has 10 heteroatoms. The zero-order chi connectivity index (χ0) is 20.8. The molecule has 0 aliphatic rings. The molecule has 0 spiro atoms. The number of aryl methyl sites for hydroxylation is 1. The molecule has 1 atom stereocenters. The summed E-state index contributed by atoms with van der Waals surface area (Å²) in [6.45, 7) is 3.72. The lowest BCUT2D eigenvalue weighted by Crippen LogP contribution is -2.30. The van der Waals surface area contributed by atoms with E-state index in [-0.39, 0.29) is 12.2 Å². The summed E-state index contributed by atoms with van der Waals surface area (Å²) in [6.07, 6.45) is 2.34. The van der Waals surface area contributed by atoms with E-state index in [1.807, 2.05) is 13.0 Å². The predicted octanol–water partition coefficient (Wildman–Crippen LogP) is 3.04. The molecular weight excluding hydrogens is 398 g/mol. The Balaban J connectivity index is 1.42. The van der Waals surface area contributed by atoms with E-state index in [2.05, 4.69) is 25.3 Å². The number of benzene rings is 1. The third-order valence-corrected chi connectivity index (χ3v) is 4.49. The van der Waals surface area contributed by atoms with Crippen LogP contribution in [-0.2, 0) is 14.3 Å². The van der Waals surface area contributed by atoms with Gasteiger partial charge in [-0.3, -0.25) is 9.59 Å². The molecule has 2 aromatic heterocycles. The van der Waals surface area contributed by atoms with Crippen LogP contribution < -0.4 is 10.1 Å². The van der Waals surface area contributed by atoms with Gasteiger partial charge in [-0.1, -0.05) is 11.6 Å². The van der Waals surface area contributed by atoms with Crippen molar-refractivity contribution in [2.75, 3.05) is 11.9 Å². The van der Waals surface area contributed by atoms with Crippen LogP contribution in [0.2, 0.25) is 5.02 Å². The van der Waals surface area contributed by atoms with Gasteiger partial charge < -0.3 is 19.8 Å². The number of anilines is 1. The highest BCUT2D eigenvalue weighted by atomic mass is 35.5. The first-order valence-corrected chi connectivity index (χ1v) is 9.35. The molecule has 0 aliphatic heterocycles. The van der Waals surface area contributed by atoms with Crippen LogP contribution in [0.4, 0.5) is 5.82 Å². The Morgan fingerprint density at radius 3 is 2.90 bits per heavy atom. The normalized spacial score (nSPS) is 11.8. The van der Waals surface area contributed by atoms with Crippen LogP contribution in [0.1, 0.15) is 25.3 Å². The number of ether oxygens (including phenoxy) is 2. The van der Waals surface area contributed by atoms with Gasteiger partial charge in [0, 0.05) is 11.4 Å². The number of carbonyl (C=O) groups is 2. The number of amides is 1. The summed E-state index contributed by atoms with van der Waals surface area (Å²) in [7, 11) is 0. The topological polar surface area (TPSA) is 119 Å². The number of halogens is 1. The van der Waals surface area contributed by atoms with Gasteiger partial charge in [-0.05, 0) is 44.0 Å². The number of hydrogen-bond donors (Lipinski definition) is 2. The third-order valence-electron chi connectivity index (χ3n) is 4.07. The van der Waals surface area contributed by atoms with E-state index in [1.54, 1.807) is 12.1 Å². The van der Waals surface area contributed by atoms with Gasteiger partial charge in [-0.25, -0.2) is 15.0 Å². The highest BCUT2D eigenvalue weighted by molar-refractivity contribution is 6.31. The van der Waals surface area contributed by atoms with Gasteiger partial charge in [0.15, 0.2) is 17.6 Å². The summed E-state index contributed by atoms with van der Waals surface area (Å²) in [5.74, 6) is -0.0335. The van der Waals surface area contributed by atoms with E-state index in [0.29, 0.717) is 35.0 Å². The molecule has 2 N–H and O–H groups in total. The molecule has 0 bridgehead atoms. The van der Waals surface area contributed by atoms with Crippen molar-refractivity contribution in [2.45, 2.75) is 32.8 Å². The SMILES string of the molecule is Cc1cc(OCCCC(=O)OC(C)C(=O)Nc2ncnc3nc[nH]c23)ccc1Cl. The molecule has 3 rings (SSSR count). The number of esters is 1. The van der Waals surface area contributed by atoms with E-state index in [0.717, 1.165) is 5.56 Å². The minimum Gasteiger partial charge on any atom is -0.494 e. The van der Waals surface area contributed by atoms with Gasteiger partial charge in [-0.15, -0.1) is 0 Å². The van der Waals surface area contributed by atoms with Gasteiger partial charge >= 0.3 is 5.97 Å². The Bertz CT molecular complexity index is 1020. The maximum Gasteiger partial charge on any atom is 0.306 e. The molecule has 0 fully saturated rings. The molecule has 2 heterocycles. The van der Waals surface area contributed by atoms with Gasteiger partial charge in [-0.2, -0.15) is 0 Å². The number of aromatic nitrogens is 4. The van der Waals surface area contributed by atoms with E-state index >= 15 is 0 Å². The molecule has 0 aliphatic carbocycles. The lowest BCUT2D eigenvalue weighted by atomic mass is 10.2. The van der Waals surface area contributed by atoms with E-state index in [4.69, 9.17) is 21.1 Å². The second-order valence-electron chi connectivity index (χ2n) is 6.31. The van der Waals surface area contributed by atoms with Gasteiger partial charge in [0.05, 0.1) is 12.9 Å². The standard InChI is InChI=1S/C19H20ClN5O4/c1-11-8-13(5-6-14(11)20)28-7-3-4-15(26)29-12(2)19(27)25-18-16-17(22-9-21-16)23-10-24-18/h5-6,8-10,12H,3-4,7H2,1-2H3,(H2,21,22,23,24,25,27). The third kappa shape index (κ3) is 5.41. The van der Waals surface area contributed by atoms with Gasteiger partial charge in [0.1, 0.15) is 17.6 Å². The Labute approximate surface area is 171 Å². The second kappa shape index (κ2) is 9.33. The van der Waals surface area contributed by atoms with Crippen molar-refractivity contribution in [1.82, 2.24) is 19.9 Å². The fourth-order valence-electron chi connectivity index (χ4n) is 2.50. The summed E-state index contributed by atoms with van der Waals surface area (Å²) in [6, 6.07) is 5.36. The van der Waals surface area contributed by atoms with Crippen molar-refractivity contribution in [2.24, 2.45) is 0 Å². The molecule has 1 unspecified atom stereocenters. The Morgan fingerprint density at radius 1 is 1.28 bits per heavy atom. The molecule has 0 radical (unpaired) electrons. The van der Waals surface area contributed by atoms with Crippen molar-refractivity contribution in [3.8, 4) is 5.75 Å². The van der Waals surface area contributed by atoms with Crippen molar-refractivity contribution < 1.29 is 19.1 Å². The van der Waals surface area contributed by atoms with Gasteiger partial charge in [0.25, 0.3) is 5.91 Å². The van der Waals surface area contributed by atoms with E-state index < -0.39 is 18.0 Å². The minimum absolute atomic E-state index is 0.127. The highest BCUT2D eigenvalue weighted by Crippen LogP contribution is 2.21. The molecular formula is C19H20ClN5O4. The first kappa shape index (κ1) is 20.5. The number of nitrogens with one attached hydrogen (secondary N) is 2. The zero-order valence-electron chi connectivity index (χ0n) is 15.9. The number of carbonyl (C=O) groups excluding carboxylic acids is 2. The first-order chi connectivity index (χ1) is 13.9. The second-order valence-corrected chi connectivity index (χ2v) is 6.71. The van der Waals surface area contributed by atoms with Crippen molar-refractivity contribution in [3.05, 3.63) is 41.4 Å². The average molecular weight is 418 g/mol. The number of imidazole rings is 1. The fourth-order valence-corrected chi connectivity index (χ4v) is 2.62. The minimum atomic E-state index is -0.977. The summed E-state index contributed by atoms with van der Waals surface area (Å²) in [4.78, 5) is 39.1.